The number of aromatic nitrogens is 2. The lowest BCUT2D eigenvalue weighted by molar-refractivity contribution is 0.173. The van der Waals surface area contributed by atoms with Crippen LogP contribution in [0.3, 0.4) is 0 Å². The van der Waals surface area contributed by atoms with Crippen LogP contribution in [0.1, 0.15) is 30.2 Å². The molecule has 2 amide bonds. The van der Waals surface area contributed by atoms with Gasteiger partial charge in [-0.05, 0) is 48.7 Å². The van der Waals surface area contributed by atoms with E-state index in [1.165, 1.54) is 0 Å². The molecule has 1 atom stereocenters. The van der Waals surface area contributed by atoms with E-state index in [9.17, 15) is 4.79 Å². The minimum absolute atomic E-state index is 0.00490. The first-order valence-corrected chi connectivity index (χ1v) is 10.5. The second kappa shape index (κ2) is 8.47. The van der Waals surface area contributed by atoms with Crippen molar-refractivity contribution < 1.29 is 18.7 Å². The van der Waals surface area contributed by atoms with E-state index in [0.717, 1.165) is 24.0 Å². The topological polar surface area (TPSA) is 89.7 Å². The number of nitrogens with zero attached hydrogens (tertiary/aromatic N) is 3. The summed E-state index contributed by atoms with van der Waals surface area (Å²) in [6.07, 6.45) is 1.77. The van der Waals surface area contributed by atoms with Gasteiger partial charge in [0.15, 0.2) is 11.5 Å². The highest BCUT2D eigenvalue weighted by molar-refractivity contribution is 6.30. The third kappa shape index (κ3) is 4.29. The Morgan fingerprint density at radius 2 is 1.97 bits per heavy atom. The lowest BCUT2D eigenvalue weighted by Gasteiger charge is -2.31. The summed E-state index contributed by atoms with van der Waals surface area (Å²) in [5, 5.41) is 12.1. The smallest absolute Gasteiger partial charge is 0.317 e. The quantitative estimate of drug-likeness (QED) is 0.653. The minimum atomic E-state index is -0.102. The molecule has 160 valence electrons. The minimum Gasteiger partial charge on any atom is -0.454 e. The van der Waals surface area contributed by atoms with Crippen LogP contribution < -0.4 is 14.8 Å². The maximum atomic E-state index is 12.6. The molecular formula is C22H21ClN4O4. The number of rotatable bonds is 4. The fourth-order valence-corrected chi connectivity index (χ4v) is 3.93. The van der Waals surface area contributed by atoms with E-state index in [0.29, 0.717) is 47.9 Å². The monoisotopic (exact) mass is 440 g/mol. The van der Waals surface area contributed by atoms with Crippen molar-refractivity contribution in [3.8, 4) is 23.0 Å². The number of amides is 2. The summed E-state index contributed by atoms with van der Waals surface area (Å²) in [4.78, 5) is 14.4. The van der Waals surface area contributed by atoms with Crippen LogP contribution >= 0.6 is 11.6 Å². The molecule has 9 heteroatoms. The zero-order chi connectivity index (χ0) is 21.2. The first-order chi connectivity index (χ1) is 15.2. The molecule has 0 aliphatic carbocycles. The van der Waals surface area contributed by atoms with Crippen LogP contribution in [0.5, 0.6) is 11.5 Å². The van der Waals surface area contributed by atoms with Crippen LogP contribution in [-0.2, 0) is 6.54 Å². The molecule has 0 bridgehead atoms. The van der Waals surface area contributed by atoms with Gasteiger partial charge >= 0.3 is 6.03 Å². The van der Waals surface area contributed by atoms with Gasteiger partial charge in [-0.3, -0.25) is 0 Å². The Labute approximate surface area is 184 Å². The van der Waals surface area contributed by atoms with E-state index in [4.69, 9.17) is 25.5 Å². The van der Waals surface area contributed by atoms with Crippen molar-refractivity contribution in [3.63, 3.8) is 0 Å². The van der Waals surface area contributed by atoms with Gasteiger partial charge in [0.05, 0.1) is 5.92 Å². The summed E-state index contributed by atoms with van der Waals surface area (Å²) >= 11 is 5.91. The summed E-state index contributed by atoms with van der Waals surface area (Å²) < 4.78 is 16.7. The van der Waals surface area contributed by atoms with E-state index in [1.54, 1.807) is 4.90 Å². The molecular weight excluding hydrogens is 420 g/mol. The number of urea groups is 1. The van der Waals surface area contributed by atoms with Crippen LogP contribution in [0.4, 0.5) is 4.79 Å². The summed E-state index contributed by atoms with van der Waals surface area (Å²) in [7, 11) is 0. The number of ether oxygens (including phenoxy) is 2. The Bertz CT molecular complexity index is 1090. The van der Waals surface area contributed by atoms with Gasteiger partial charge in [0.1, 0.15) is 0 Å². The Morgan fingerprint density at radius 1 is 1.13 bits per heavy atom. The van der Waals surface area contributed by atoms with Crippen LogP contribution in [0, 0.1) is 0 Å². The van der Waals surface area contributed by atoms with Crippen LogP contribution in [0.25, 0.3) is 11.5 Å². The number of benzene rings is 2. The molecule has 3 aromatic rings. The first-order valence-electron chi connectivity index (χ1n) is 10.2. The van der Waals surface area contributed by atoms with Crippen molar-refractivity contribution >= 4 is 17.6 Å². The number of hydrogen-bond acceptors (Lipinski definition) is 6. The lowest BCUT2D eigenvalue weighted by atomic mass is 9.98. The Hall–Kier alpha value is -3.26. The Balaban J connectivity index is 1.22. The molecule has 2 aromatic carbocycles. The SMILES string of the molecule is O=C(NCc1ccc(Cl)cc1)N1CCC[C@@H](c2nnc(-c3ccc4c(c3)OCO4)o2)C1. The first kappa shape index (κ1) is 19.7. The molecule has 1 N–H and O–H groups in total. The second-order valence-corrected chi connectivity index (χ2v) is 8.02. The normalized spacial score (nSPS) is 17.6. The van der Waals surface area contributed by atoms with Crippen molar-refractivity contribution in [3.05, 3.63) is 58.9 Å². The number of halogens is 1. The highest BCUT2D eigenvalue weighted by Crippen LogP contribution is 2.36. The molecule has 2 aliphatic heterocycles. The van der Waals surface area contributed by atoms with E-state index >= 15 is 0 Å². The predicted octanol–water partition coefficient (Wildman–Crippen LogP) is 4.21. The van der Waals surface area contributed by atoms with Gasteiger partial charge < -0.3 is 24.1 Å². The van der Waals surface area contributed by atoms with Gasteiger partial charge in [-0.1, -0.05) is 23.7 Å². The average Bonchev–Trinajstić information content (AvgIpc) is 3.48. The second-order valence-electron chi connectivity index (χ2n) is 7.58. The number of carbonyl (C=O) groups excluding carboxylic acids is 1. The molecule has 0 radical (unpaired) electrons. The molecule has 1 aromatic heterocycles. The molecule has 1 saturated heterocycles. The number of piperidine rings is 1. The largest absolute Gasteiger partial charge is 0.454 e. The van der Waals surface area contributed by atoms with E-state index in [1.807, 2.05) is 42.5 Å². The van der Waals surface area contributed by atoms with Crippen LogP contribution in [0.2, 0.25) is 5.02 Å². The number of carbonyl (C=O) groups is 1. The Morgan fingerprint density at radius 3 is 2.84 bits per heavy atom. The Kier molecular flexibility index (Phi) is 5.38. The van der Waals surface area contributed by atoms with Crippen LogP contribution in [-0.4, -0.2) is 41.0 Å². The number of nitrogens with one attached hydrogen (secondary N) is 1. The maximum Gasteiger partial charge on any atom is 0.317 e. The van der Waals surface area contributed by atoms with E-state index in [-0.39, 0.29) is 18.7 Å². The van der Waals surface area contributed by atoms with Crippen molar-refractivity contribution in [2.75, 3.05) is 19.9 Å². The molecule has 0 saturated carbocycles. The summed E-state index contributed by atoms with van der Waals surface area (Å²) in [6.45, 7) is 1.90. The molecule has 3 heterocycles. The number of hydrogen-bond donors (Lipinski definition) is 1. The molecule has 31 heavy (non-hydrogen) atoms. The van der Waals surface area contributed by atoms with Gasteiger partial charge in [0, 0.05) is 30.2 Å². The summed E-state index contributed by atoms with van der Waals surface area (Å²) in [5.41, 5.74) is 1.77. The van der Waals surface area contributed by atoms with Gasteiger partial charge in [-0.25, -0.2) is 4.79 Å². The van der Waals surface area contributed by atoms with Gasteiger partial charge in [0.2, 0.25) is 18.6 Å². The standard InChI is InChI=1S/C22H21ClN4O4/c23-17-6-3-14(4-7-17)11-24-22(28)27-9-1-2-16(12-27)21-26-25-20(31-21)15-5-8-18-19(10-15)30-13-29-18/h3-8,10,16H,1-2,9,11-13H2,(H,24,28)/t16-/m1/s1. The molecule has 1 fully saturated rings. The number of fused-ring (bicyclic) bond motifs is 1. The summed E-state index contributed by atoms with van der Waals surface area (Å²) in [5.74, 6) is 2.35. The lowest BCUT2D eigenvalue weighted by Crippen LogP contribution is -2.44. The third-order valence-corrected chi connectivity index (χ3v) is 5.73. The average molecular weight is 441 g/mol. The molecule has 8 nitrogen and oxygen atoms in total. The van der Waals surface area contributed by atoms with Gasteiger partial charge in [-0.2, -0.15) is 0 Å². The van der Waals surface area contributed by atoms with Crippen molar-refractivity contribution in [1.82, 2.24) is 20.4 Å². The molecule has 5 rings (SSSR count). The fraction of sp³-hybridized carbons (Fsp3) is 0.318. The molecule has 2 aliphatic rings. The molecule has 0 spiro atoms. The fourth-order valence-electron chi connectivity index (χ4n) is 3.80. The van der Waals surface area contributed by atoms with Crippen LogP contribution in [0.15, 0.2) is 46.9 Å². The molecule has 0 unspecified atom stereocenters. The van der Waals surface area contributed by atoms with Crippen molar-refractivity contribution in [1.29, 1.82) is 0 Å². The third-order valence-electron chi connectivity index (χ3n) is 5.47. The highest BCUT2D eigenvalue weighted by Gasteiger charge is 2.29. The van der Waals surface area contributed by atoms with E-state index in [2.05, 4.69) is 15.5 Å². The zero-order valence-corrected chi connectivity index (χ0v) is 17.5. The van der Waals surface area contributed by atoms with Crippen molar-refractivity contribution in [2.24, 2.45) is 0 Å². The highest BCUT2D eigenvalue weighted by atomic mass is 35.5. The van der Waals surface area contributed by atoms with E-state index < -0.39 is 0 Å². The maximum absolute atomic E-state index is 12.6. The number of likely N-dealkylation sites (tertiary alicyclic amines) is 1. The summed E-state index contributed by atoms with van der Waals surface area (Å²) in [6, 6.07) is 12.8. The zero-order valence-electron chi connectivity index (χ0n) is 16.7. The van der Waals surface area contributed by atoms with Gasteiger partial charge in [-0.15, -0.1) is 10.2 Å². The predicted molar refractivity (Wildman–Crippen MR) is 113 cm³/mol. The van der Waals surface area contributed by atoms with Gasteiger partial charge in [0.25, 0.3) is 0 Å². The van der Waals surface area contributed by atoms with Crippen molar-refractivity contribution in [2.45, 2.75) is 25.3 Å².